The van der Waals surface area contributed by atoms with E-state index in [0.29, 0.717) is 0 Å². The summed E-state index contributed by atoms with van der Waals surface area (Å²) < 4.78 is 0. The van der Waals surface area contributed by atoms with Crippen LogP contribution in [0.2, 0.25) is 0 Å². The molecule has 0 aliphatic carbocycles. The average molecular weight is 250 g/mol. The van der Waals surface area contributed by atoms with Crippen molar-refractivity contribution in [1.82, 2.24) is 4.90 Å². The highest BCUT2D eigenvalue weighted by atomic mass is 16.4. The highest BCUT2D eigenvalue weighted by Gasteiger charge is 2.07. The number of nitrogens with two attached hydrogens (primary N) is 1. The molecule has 0 atom stereocenters. The number of aryl methyl sites for hydroxylation is 1. The van der Waals surface area contributed by atoms with Gasteiger partial charge in [-0.2, -0.15) is 0 Å². The quantitative estimate of drug-likeness (QED) is 0.355. The van der Waals surface area contributed by atoms with Crippen LogP contribution in [-0.4, -0.2) is 50.2 Å². The number of anilines is 1. The van der Waals surface area contributed by atoms with E-state index in [1.165, 1.54) is 0 Å². The lowest BCUT2D eigenvalue weighted by molar-refractivity contribution is 0.318. The molecule has 0 saturated carbocycles. The van der Waals surface area contributed by atoms with Gasteiger partial charge in [-0.05, 0) is 44.8 Å². The number of oxime groups is 1. The molecular formula is C13H22N4O. The van der Waals surface area contributed by atoms with E-state index in [1.807, 2.05) is 25.1 Å². The van der Waals surface area contributed by atoms with E-state index < -0.39 is 0 Å². The normalized spacial score (nSPS) is 11.9. The maximum absolute atomic E-state index is 8.68. The van der Waals surface area contributed by atoms with E-state index in [2.05, 4.69) is 36.1 Å². The largest absolute Gasteiger partial charge is 0.409 e. The summed E-state index contributed by atoms with van der Waals surface area (Å²) >= 11 is 0. The number of hydrogen-bond donors (Lipinski definition) is 2. The molecule has 100 valence electrons. The summed E-state index contributed by atoms with van der Waals surface area (Å²) in [6.45, 7) is 3.91. The van der Waals surface area contributed by atoms with Crippen molar-refractivity contribution >= 4 is 11.5 Å². The van der Waals surface area contributed by atoms with Crippen LogP contribution in [0.3, 0.4) is 0 Å². The molecule has 5 nitrogen and oxygen atoms in total. The van der Waals surface area contributed by atoms with Crippen molar-refractivity contribution in [2.75, 3.05) is 39.1 Å². The van der Waals surface area contributed by atoms with Gasteiger partial charge in [0, 0.05) is 31.4 Å². The lowest BCUT2D eigenvalue weighted by Gasteiger charge is -2.22. The fourth-order valence-corrected chi connectivity index (χ4v) is 1.71. The molecule has 0 amide bonds. The summed E-state index contributed by atoms with van der Waals surface area (Å²) in [5.74, 6) is 0.148. The van der Waals surface area contributed by atoms with Gasteiger partial charge in [-0.25, -0.2) is 0 Å². The number of nitrogens with zero attached hydrogens (tertiary/aromatic N) is 3. The zero-order valence-electron chi connectivity index (χ0n) is 11.5. The van der Waals surface area contributed by atoms with Crippen molar-refractivity contribution in [1.29, 1.82) is 0 Å². The van der Waals surface area contributed by atoms with Crippen LogP contribution < -0.4 is 10.6 Å². The minimum atomic E-state index is 0.148. The third kappa shape index (κ3) is 3.63. The minimum Gasteiger partial charge on any atom is -0.409 e. The van der Waals surface area contributed by atoms with Crippen molar-refractivity contribution in [2.24, 2.45) is 10.9 Å². The van der Waals surface area contributed by atoms with Crippen LogP contribution in [0.25, 0.3) is 0 Å². The summed E-state index contributed by atoms with van der Waals surface area (Å²) in [7, 11) is 6.17. The molecule has 0 unspecified atom stereocenters. The molecule has 0 aliphatic heterocycles. The maximum atomic E-state index is 8.68. The van der Waals surface area contributed by atoms with Crippen molar-refractivity contribution < 1.29 is 5.21 Å². The fraction of sp³-hybridized carbons (Fsp3) is 0.462. The third-order valence-corrected chi connectivity index (χ3v) is 2.92. The van der Waals surface area contributed by atoms with Crippen molar-refractivity contribution in [3.8, 4) is 0 Å². The van der Waals surface area contributed by atoms with Gasteiger partial charge in [-0.3, -0.25) is 0 Å². The van der Waals surface area contributed by atoms with E-state index in [-0.39, 0.29) is 5.84 Å². The topological polar surface area (TPSA) is 65.1 Å². The SMILES string of the molecule is Cc1cc(N(C)CCN(C)C)ccc1/C(N)=N/O. The Balaban J connectivity index is 2.84. The Labute approximate surface area is 108 Å². The highest BCUT2D eigenvalue weighted by Crippen LogP contribution is 2.18. The van der Waals surface area contributed by atoms with Crippen LogP contribution in [0.1, 0.15) is 11.1 Å². The van der Waals surface area contributed by atoms with Crippen LogP contribution in [0.5, 0.6) is 0 Å². The first-order valence-corrected chi connectivity index (χ1v) is 5.90. The average Bonchev–Trinajstić information content (AvgIpc) is 2.34. The van der Waals surface area contributed by atoms with E-state index in [0.717, 1.165) is 29.9 Å². The van der Waals surface area contributed by atoms with E-state index in [1.54, 1.807) is 0 Å². The summed E-state index contributed by atoms with van der Waals surface area (Å²) in [6.07, 6.45) is 0. The summed E-state index contributed by atoms with van der Waals surface area (Å²) in [5, 5.41) is 11.7. The predicted octanol–water partition coefficient (Wildman–Crippen LogP) is 1.09. The van der Waals surface area contributed by atoms with Crippen LogP contribution in [0.15, 0.2) is 23.4 Å². The number of likely N-dealkylation sites (N-methyl/N-ethyl adjacent to an activating group) is 2. The van der Waals surface area contributed by atoms with Gasteiger partial charge in [0.25, 0.3) is 0 Å². The molecule has 0 aliphatic rings. The number of amidine groups is 1. The van der Waals surface area contributed by atoms with Gasteiger partial charge >= 0.3 is 0 Å². The lowest BCUT2D eigenvalue weighted by atomic mass is 10.1. The van der Waals surface area contributed by atoms with Gasteiger partial charge < -0.3 is 20.7 Å². The molecule has 1 aromatic carbocycles. The van der Waals surface area contributed by atoms with Crippen molar-refractivity contribution in [2.45, 2.75) is 6.92 Å². The molecule has 0 heterocycles. The molecule has 5 heteroatoms. The molecule has 18 heavy (non-hydrogen) atoms. The van der Waals surface area contributed by atoms with E-state index in [4.69, 9.17) is 10.9 Å². The maximum Gasteiger partial charge on any atom is 0.170 e. The Kier molecular flexibility index (Phi) is 4.97. The van der Waals surface area contributed by atoms with Gasteiger partial charge in [0.05, 0.1) is 0 Å². The van der Waals surface area contributed by atoms with Crippen LogP contribution in [-0.2, 0) is 0 Å². The van der Waals surface area contributed by atoms with E-state index in [9.17, 15) is 0 Å². The molecule has 3 N–H and O–H groups in total. The second-order valence-electron chi connectivity index (χ2n) is 4.71. The van der Waals surface area contributed by atoms with Gasteiger partial charge in [-0.1, -0.05) is 5.16 Å². The zero-order valence-corrected chi connectivity index (χ0v) is 11.5. The Morgan fingerprint density at radius 3 is 2.44 bits per heavy atom. The molecule has 0 bridgehead atoms. The van der Waals surface area contributed by atoms with Crippen LogP contribution >= 0.6 is 0 Å². The molecule has 0 fully saturated rings. The first-order valence-electron chi connectivity index (χ1n) is 5.90. The summed E-state index contributed by atoms with van der Waals surface area (Å²) in [6, 6.07) is 5.91. The Hall–Kier alpha value is -1.75. The summed E-state index contributed by atoms with van der Waals surface area (Å²) in [5.41, 5.74) is 8.49. The smallest absolute Gasteiger partial charge is 0.170 e. The third-order valence-electron chi connectivity index (χ3n) is 2.92. The first kappa shape index (κ1) is 14.3. The molecule has 0 spiro atoms. The summed E-state index contributed by atoms with van der Waals surface area (Å²) in [4.78, 5) is 4.33. The Morgan fingerprint density at radius 2 is 1.94 bits per heavy atom. The monoisotopic (exact) mass is 250 g/mol. The Bertz CT molecular complexity index is 429. The number of benzene rings is 1. The minimum absolute atomic E-state index is 0.148. The first-order chi connectivity index (χ1) is 8.45. The fourth-order valence-electron chi connectivity index (χ4n) is 1.71. The number of hydrogen-bond acceptors (Lipinski definition) is 4. The van der Waals surface area contributed by atoms with Crippen LogP contribution in [0, 0.1) is 6.92 Å². The molecule has 1 aromatic rings. The molecule has 0 aromatic heterocycles. The van der Waals surface area contributed by atoms with Crippen LogP contribution in [0.4, 0.5) is 5.69 Å². The number of rotatable bonds is 5. The lowest BCUT2D eigenvalue weighted by Crippen LogP contribution is -2.28. The highest BCUT2D eigenvalue weighted by molar-refractivity contribution is 5.98. The van der Waals surface area contributed by atoms with Gasteiger partial charge in [0.1, 0.15) is 0 Å². The van der Waals surface area contributed by atoms with Gasteiger partial charge in [0.15, 0.2) is 5.84 Å². The van der Waals surface area contributed by atoms with Crippen molar-refractivity contribution in [3.63, 3.8) is 0 Å². The second kappa shape index (κ2) is 6.26. The molecular weight excluding hydrogens is 228 g/mol. The predicted molar refractivity (Wildman–Crippen MR) is 75.5 cm³/mol. The second-order valence-corrected chi connectivity index (χ2v) is 4.71. The molecule has 0 saturated heterocycles. The standard InChI is InChI=1S/C13H22N4O/c1-10-9-11(17(4)8-7-16(2)3)5-6-12(10)13(14)15-18/h5-6,9,18H,7-8H2,1-4H3,(H2,14,15). The van der Waals surface area contributed by atoms with E-state index >= 15 is 0 Å². The Morgan fingerprint density at radius 1 is 1.28 bits per heavy atom. The molecule has 0 radical (unpaired) electrons. The zero-order chi connectivity index (χ0) is 13.7. The molecule has 1 rings (SSSR count). The van der Waals surface area contributed by atoms with Gasteiger partial charge in [0.2, 0.25) is 0 Å². The van der Waals surface area contributed by atoms with Crippen molar-refractivity contribution in [3.05, 3.63) is 29.3 Å². The van der Waals surface area contributed by atoms with Gasteiger partial charge in [-0.15, -0.1) is 0 Å².